The first-order chi connectivity index (χ1) is 8.92. The molecule has 1 N–H and O–H groups in total. The first kappa shape index (κ1) is 14.5. The number of halogens is 2. The zero-order valence-electron chi connectivity index (χ0n) is 11.3. The summed E-state index contributed by atoms with van der Waals surface area (Å²) in [6.45, 7) is 4.36. The summed E-state index contributed by atoms with van der Waals surface area (Å²) in [5.41, 5.74) is 0.467. The lowest BCUT2D eigenvalue weighted by Crippen LogP contribution is -2.46. The molecular weight excluding hydrogens is 309 g/mol. The Morgan fingerprint density at radius 1 is 1.42 bits per heavy atom. The van der Waals surface area contributed by atoms with Crippen molar-refractivity contribution < 1.29 is 9.18 Å². The largest absolute Gasteiger partial charge is 0.349 e. The fraction of sp³-hybridized carbons (Fsp3) is 0.533. The number of hydrogen-bond acceptors (Lipinski definition) is 1. The van der Waals surface area contributed by atoms with E-state index in [0.29, 0.717) is 5.56 Å². The summed E-state index contributed by atoms with van der Waals surface area (Å²) in [4.78, 5) is 12.3. The maximum atomic E-state index is 13.4. The van der Waals surface area contributed by atoms with E-state index in [1.54, 1.807) is 12.1 Å². The average molecular weight is 328 g/mol. The van der Waals surface area contributed by atoms with Gasteiger partial charge in [0.1, 0.15) is 5.82 Å². The Morgan fingerprint density at radius 3 is 2.84 bits per heavy atom. The predicted octanol–water partition coefficient (Wildman–Crippen LogP) is 4.29. The van der Waals surface area contributed by atoms with Crippen LogP contribution in [0.1, 0.15) is 49.9 Å². The van der Waals surface area contributed by atoms with E-state index in [1.165, 1.54) is 12.5 Å². The minimum Gasteiger partial charge on any atom is -0.349 e. The summed E-state index contributed by atoms with van der Waals surface area (Å²) in [5, 5.41) is 3.06. The van der Waals surface area contributed by atoms with Gasteiger partial charge in [-0.2, -0.15) is 0 Å². The third-order valence-electron chi connectivity index (χ3n) is 4.01. The predicted molar refractivity (Wildman–Crippen MR) is 77.6 cm³/mol. The van der Waals surface area contributed by atoms with Crippen LogP contribution < -0.4 is 5.32 Å². The van der Waals surface area contributed by atoms with Crippen molar-refractivity contribution in [3.63, 3.8) is 0 Å². The Labute approximate surface area is 121 Å². The lowest BCUT2D eigenvalue weighted by Gasteiger charge is -2.39. The van der Waals surface area contributed by atoms with Gasteiger partial charge in [-0.1, -0.05) is 32.8 Å². The molecule has 1 unspecified atom stereocenters. The van der Waals surface area contributed by atoms with Gasteiger partial charge in [0.2, 0.25) is 0 Å². The highest BCUT2D eigenvalue weighted by molar-refractivity contribution is 9.10. The molecule has 2 nitrogen and oxygen atoms in total. The molecule has 19 heavy (non-hydrogen) atoms. The molecule has 104 valence electrons. The molecule has 2 rings (SSSR count). The number of benzene rings is 1. The van der Waals surface area contributed by atoms with Crippen LogP contribution in [-0.4, -0.2) is 11.9 Å². The van der Waals surface area contributed by atoms with Crippen LogP contribution >= 0.6 is 15.9 Å². The maximum Gasteiger partial charge on any atom is 0.252 e. The maximum absolute atomic E-state index is 13.4. The molecule has 1 fully saturated rings. The highest BCUT2D eigenvalue weighted by Crippen LogP contribution is 2.35. The van der Waals surface area contributed by atoms with Gasteiger partial charge in [0.15, 0.2) is 0 Å². The van der Waals surface area contributed by atoms with Gasteiger partial charge in [0.05, 0.1) is 10.0 Å². The van der Waals surface area contributed by atoms with Crippen LogP contribution in [0.15, 0.2) is 22.7 Å². The lowest BCUT2D eigenvalue weighted by atomic mass is 9.73. The molecule has 1 amide bonds. The fourth-order valence-corrected chi connectivity index (χ4v) is 3.12. The lowest BCUT2D eigenvalue weighted by molar-refractivity contribution is 0.0852. The number of amides is 1. The van der Waals surface area contributed by atoms with Crippen molar-refractivity contribution in [1.82, 2.24) is 5.32 Å². The standard InChI is InChI=1S/C15H19BrFNO/c1-15(2)9-4-3-8-12(15)18-14(19)10-6-5-7-11(17)13(10)16/h5-7,12H,3-4,8-9H2,1-2H3,(H,18,19). The van der Waals surface area contributed by atoms with E-state index < -0.39 is 5.82 Å². The first-order valence-corrected chi connectivity index (χ1v) is 7.46. The number of hydrogen-bond donors (Lipinski definition) is 1. The Kier molecular flexibility index (Phi) is 4.29. The average Bonchev–Trinajstić information content (AvgIpc) is 2.35. The molecule has 1 aliphatic rings. The SMILES string of the molecule is CC1(C)CCCCC1NC(=O)c1cccc(F)c1Br. The molecule has 1 aliphatic carbocycles. The van der Waals surface area contributed by atoms with Crippen molar-refractivity contribution in [1.29, 1.82) is 0 Å². The molecule has 0 radical (unpaired) electrons. The van der Waals surface area contributed by atoms with Gasteiger partial charge >= 0.3 is 0 Å². The van der Waals surface area contributed by atoms with E-state index in [9.17, 15) is 9.18 Å². The van der Waals surface area contributed by atoms with E-state index in [4.69, 9.17) is 0 Å². The number of nitrogens with one attached hydrogen (secondary N) is 1. The van der Waals surface area contributed by atoms with Gasteiger partial charge in [-0.3, -0.25) is 4.79 Å². The third kappa shape index (κ3) is 3.16. The Balaban J connectivity index is 2.15. The second kappa shape index (κ2) is 5.61. The van der Waals surface area contributed by atoms with E-state index in [0.717, 1.165) is 19.3 Å². The van der Waals surface area contributed by atoms with E-state index in [-0.39, 0.29) is 21.8 Å². The van der Waals surface area contributed by atoms with Crippen LogP contribution in [-0.2, 0) is 0 Å². The van der Waals surface area contributed by atoms with Crippen LogP contribution in [0.5, 0.6) is 0 Å². The highest BCUT2D eigenvalue weighted by Gasteiger charge is 2.33. The molecule has 0 aromatic heterocycles. The summed E-state index contributed by atoms with van der Waals surface area (Å²) in [5.74, 6) is -0.609. The van der Waals surface area contributed by atoms with Crippen LogP contribution in [0.4, 0.5) is 4.39 Å². The van der Waals surface area contributed by atoms with Crippen LogP contribution in [0.25, 0.3) is 0 Å². The molecule has 1 aromatic rings. The van der Waals surface area contributed by atoms with E-state index in [2.05, 4.69) is 35.1 Å². The van der Waals surface area contributed by atoms with Crippen LogP contribution in [0.2, 0.25) is 0 Å². The van der Waals surface area contributed by atoms with Crippen LogP contribution in [0.3, 0.4) is 0 Å². The molecule has 0 spiro atoms. The molecule has 4 heteroatoms. The van der Waals surface area contributed by atoms with Gasteiger partial charge in [-0.05, 0) is 46.3 Å². The van der Waals surface area contributed by atoms with Gasteiger partial charge in [-0.25, -0.2) is 4.39 Å². The molecule has 0 bridgehead atoms. The first-order valence-electron chi connectivity index (χ1n) is 6.67. The van der Waals surface area contributed by atoms with Crippen molar-refractivity contribution in [3.8, 4) is 0 Å². The molecule has 1 aromatic carbocycles. The minimum atomic E-state index is -0.407. The van der Waals surface area contributed by atoms with Crippen LogP contribution in [0, 0.1) is 11.2 Å². The second-order valence-corrected chi connectivity index (χ2v) is 6.65. The topological polar surface area (TPSA) is 29.1 Å². The number of carbonyl (C=O) groups is 1. The normalized spacial score (nSPS) is 22.0. The van der Waals surface area contributed by atoms with Gasteiger partial charge < -0.3 is 5.32 Å². The minimum absolute atomic E-state index is 0.105. The molecule has 1 saturated carbocycles. The van der Waals surface area contributed by atoms with Crippen molar-refractivity contribution in [2.75, 3.05) is 0 Å². The van der Waals surface area contributed by atoms with Gasteiger partial charge in [0.25, 0.3) is 5.91 Å². The van der Waals surface area contributed by atoms with Gasteiger partial charge in [-0.15, -0.1) is 0 Å². The summed E-state index contributed by atoms with van der Waals surface area (Å²) in [6.07, 6.45) is 4.45. The molecule has 0 saturated heterocycles. The second-order valence-electron chi connectivity index (χ2n) is 5.86. The van der Waals surface area contributed by atoms with E-state index in [1.807, 2.05) is 0 Å². The summed E-state index contributed by atoms with van der Waals surface area (Å²) in [7, 11) is 0. The quantitative estimate of drug-likeness (QED) is 0.862. The number of rotatable bonds is 2. The zero-order valence-corrected chi connectivity index (χ0v) is 12.9. The summed E-state index contributed by atoms with van der Waals surface area (Å²) in [6, 6.07) is 4.69. The molecular formula is C15H19BrFNO. The summed E-state index contributed by atoms with van der Waals surface area (Å²) < 4.78 is 13.7. The van der Waals surface area contributed by atoms with Crippen molar-refractivity contribution >= 4 is 21.8 Å². The van der Waals surface area contributed by atoms with E-state index >= 15 is 0 Å². The molecule has 1 atom stereocenters. The Bertz CT molecular complexity index is 487. The summed E-state index contributed by atoms with van der Waals surface area (Å²) >= 11 is 3.14. The fourth-order valence-electron chi connectivity index (χ4n) is 2.68. The van der Waals surface area contributed by atoms with Gasteiger partial charge in [0, 0.05) is 6.04 Å². The monoisotopic (exact) mass is 327 g/mol. The van der Waals surface area contributed by atoms with Crippen molar-refractivity contribution in [2.24, 2.45) is 5.41 Å². The Morgan fingerprint density at radius 2 is 2.16 bits per heavy atom. The third-order valence-corrected chi connectivity index (χ3v) is 4.81. The molecule has 0 heterocycles. The highest BCUT2D eigenvalue weighted by atomic mass is 79.9. The number of carbonyl (C=O) groups excluding carboxylic acids is 1. The Hall–Kier alpha value is -0.900. The van der Waals surface area contributed by atoms with Crippen molar-refractivity contribution in [2.45, 2.75) is 45.6 Å². The smallest absolute Gasteiger partial charge is 0.252 e. The van der Waals surface area contributed by atoms with Crippen molar-refractivity contribution in [3.05, 3.63) is 34.1 Å². The zero-order chi connectivity index (χ0) is 14.0. The molecule has 0 aliphatic heterocycles.